The van der Waals surface area contributed by atoms with Crippen molar-refractivity contribution in [2.75, 3.05) is 6.61 Å². The van der Waals surface area contributed by atoms with Crippen LogP contribution in [0.2, 0.25) is 0 Å². The third kappa shape index (κ3) is 62.4. The lowest BCUT2D eigenvalue weighted by Crippen LogP contribution is -2.45. The Morgan fingerprint density at radius 1 is 0.329 bits per heavy atom. The van der Waals surface area contributed by atoms with Crippen LogP contribution in [0.4, 0.5) is 0 Å². The maximum Gasteiger partial charge on any atom is 0.220 e. The molecule has 1 amide bonds. The molecule has 4 nitrogen and oxygen atoms in total. The van der Waals surface area contributed by atoms with Crippen molar-refractivity contribution in [3.63, 3.8) is 0 Å². The zero-order valence-electron chi connectivity index (χ0n) is 51.0. The number of carbonyl (C=O) groups excluding carboxylic acids is 1. The van der Waals surface area contributed by atoms with Crippen molar-refractivity contribution < 1.29 is 15.0 Å². The predicted molar refractivity (Wildman–Crippen MR) is 340 cm³/mol. The van der Waals surface area contributed by atoms with Crippen molar-refractivity contribution in [3.05, 3.63) is 85.1 Å². The standard InChI is InChI=1S/C72H131NO3/c1-3-5-7-9-11-13-15-17-19-21-23-25-27-29-31-33-35-36-38-40-42-44-46-48-50-52-54-56-58-60-62-64-66-68-72(76)73-70(69-74)71(75)67-65-63-61-59-57-55-53-51-49-47-45-43-41-39-37-34-32-30-28-26-24-22-20-18-16-14-12-10-8-6-4-2/h5,7,11,13,17,19,23,25,29,31,35-36,65,67,70-71,74-75H,3-4,6,8-10,12,14-16,18,20-22,24,26-28,30,32-34,37-64,66,68-69H2,1-2H3,(H,73,76)/b7-5-,13-11-,19-17-,25-23-,31-29-,36-35-,67-65+. The summed E-state index contributed by atoms with van der Waals surface area (Å²) in [5, 5.41) is 23.3. The molecule has 3 N–H and O–H groups in total. The number of rotatable bonds is 62. The quantitative estimate of drug-likeness (QED) is 0.0420. The number of aliphatic hydroxyl groups is 2. The topological polar surface area (TPSA) is 69.6 Å². The summed E-state index contributed by atoms with van der Waals surface area (Å²) in [4.78, 5) is 12.5. The summed E-state index contributed by atoms with van der Waals surface area (Å²) in [5.41, 5.74) is 0. The van der Waals surface area contributed by atoms with Gasteiger partial charge in [0, 0.05) is 6.42 Å². The molecule has 0 aliphatic carbocycles. The summed E-state index contributed by atoms with van der Waals surface area (Å²) in [6, 6.07) is -0.628. The Balaban J connectivity index is 3.48. The average molecular weight is 1060 g/mol. The van der Waals surface area contributed by atoms with E-state index in [2.05, 4.69) is 92.1 Å². The number of amides is 1. The summed E-state index contributed by atoms with van der Waals surface area (Å²) in [5.74, 6) is -0.0627. The molecule has 76 heavy (non-hydrogen) atoms. The fourth-order valence-electron chi connectivity index (χ4n) is 10.3. The number of aliphatic hydroxyl groups excluding tert-OH is 2. The molecule has 0 bridgehead atoms. The smallest absolute Gasteiger partial charge is 0.220 e. The Bertz CT molecular complexity index is 1340. The van der Waals surface area contributed by atoms with Gasteiger partial charge in [-0.1, -0.05) is 356 Å². The molecule has 0 aromatic rings. The maximum absolute atomic E-state index is 12.5. The van der Waals surface area contributed by atoms with E-state index in [9.17, 15) is 15.0 Å². The number of unbranched alkanes of at least 4 members (excludes halogenated alkanes) is 43. The second kappa shape index (κ2) is 66.8. The van der Waals surface area contributed by atoms with Gasteiger partial charge >= 0.3 is 0 Å². The van der Waals surface area contributed by atoms with Crippen LogP contribution in [0.25, 0.3) is 0 Å². The number of hydrogen-bond donors (Lipinski definition) is 3. The van der Waals surface area contributed by atoms with E-state index in [4.69, 9.17) is 0 Å². The zero-order chi connectivity index (χ0) is 54.8. The molecule has 0 radical (unpaired) electrons. The van der Waals surface area contributed by atoms with Crippen molar-refractivity contribution in [2.24, 2.45) is 0 Å². The Labute approximate surface area is 475 Å². The molecule has 2 atom stereocenters. The molecule has 0 aliphatic rings. The van der Waals surface area contributed by atoms with Gasteiger partial charge in [0.05, 0.1) is 18.8 Å². The second-order valence-electron chi connectivity index (χ2n) is 22.9. The van der Waals surface area contributed by atoms with Crippen LogP contribution in [0, 0.1) is 0 Å². The van der Waals surface area contributed by atoms with Gasteiger partial charge in [0.2, 0.25) is 5.91 Å². The van der Waals surface area contributed by atoms with E-state index in [1.165, 1.54) is 263 Å². The molecule has 2 unspecified atom stereocenters. The molecule has 0 fully saturated rings. The van der Waals surface area contributed by atoms with Crippen LogP contribution in [-0.4, -0.2) is 34.9 Å². The van der Waals surface area contributed by atoms with Gasteiger partial charge in [-0.25, -0.2) is 0 Å². The molecule has 0 aromatic heterocycles. The lowest BCUT2D eigenvalue weighted by atomic mass is 10.0. The van der Waals surface area contributed by atoms with Crippen LogP contribution in [0.3, 0.4) is 0 Å². The third-order valence-electron chi connectivity index (χ3n) is 15.4. The fourth-order valence-corrected chi connectivity index (χ4v) is 10.3. The van der Waals surface area contributed by atoms with E-state index in [1.807, 2.05) is 6.08 Å². The molecular weight excluding hydrogens is 927 g/mol. The molecule has 0 spiro atoms. The normalized spacial score (nSPS) is 13.3. The van der Waals surface area contributed by atoms with Crippen molar-refractivity contribution in [1.29, 1.82) is 0 Å². The van der Waals surface area contributed by atoms with Crippen LogP contribution in [-0.2, 0) is 4.79 Å². The van der Waals surface area contributed by atoms with E-state index in [-0.39, 0.29) is 12.5 Å². The minimum Gasteiger partial charge on any atom is -0.394 e. The Kier molecular flexibility index (Phi) is 64.7. The number of carbonyl (C=O) groups is 1. The van der Waals surface area contributed by atoms with Crippen LogP contribution >= 0.6 is 0 Å². The van der Waals surface area contributed by atoms with E-state index >= 15 is 0 Å². The molecule has 442 valence electrons. The number of nitrogens with one attached hydrogen (secondary N) is 1. The lowest BCUT2D eigenvalue weighted by molar-refractivity contribution is -0.123. The minimum atomic E-state index is -0.845. The van der Waals surface area contributed by atoms with Crippen molar-refractivity contribution in [2.45, 2.75) is 360 Å². The molecule has 0 saturated heterocycles. The van der Waals surface area contributed by atoms with Crippen LogP contribution in [0.15, 0.2) is 85.1 Å². The van der Waals surface area contributed by atoms with E-state index in [0.717, 1.165) is 64.2 Å². The van der Waals surface area contributed by atoms with Gasteiger partial charge in [-0.2, -0.15) is 0 Å². The van der Waals surface area contributed by atoms with E-state index < -0.39 is 12.1 Å². The van der Waals surface area contributed by atoms with Gasteiger partial charge in [0.25, 0.3) is 0 Å². The third-order valence-corrected chi connectivity index (χ3v) is 15.4. The lowest BCUT2D eigenvalue weighted by Gasteiger charge is -2.20. The molecule has 0 aromatic carbocycles. The van der Waals surface area contributed by atoms with Crippen LogP contribution < -0.4 is 5.32 Å². The first kappa shape index (κ1) is 73.6. The van der Waals surface area contributed by atoms with Crippen molar-refractivity contribution in [1.82, 2.24) is 5.32 Å². The fraction of sp³-hybridized carbons (Fsp3) is 0.792. The van der Waals surface area contributed by atoms with Crippen LogP contribution in [0.5, 0.6) is 0 Å². The summed E-state index contributed by atoms with van der Waals surface area (Å²) < 4.78 is 0. The largest absolute Gasteiger partial charge is 0.394 e. The highest BCUT2D eigenvalue weighted by atomic mass is 16.3. The van der Waals surface area contributed by atoms with E-state index in [1.54, 1.807) is 6.08 Å². The highest BCUT2D eigenvalue weighted by Crippen LogP contribution is 2.18. The summed E-state index contributed by atoms with van der Waals surface area (Å²) in [6.07, 6.45) is 98.0. The van der Waals surface area contributed by atoms with Crippen LogP contribution in [0.1, 0.15) is 348 Å². The van der Waals surface area contributed by atoms with Crippen molar-refractivity contribution in [3.8, 4) is 0 Å². The maximum atomic E-state index is 12.5. The van der Waals surface area contributed by atoms with Gasteiger partial charge in [-0.3, -0.25) is 4.79 Å². The molecule has 0 heterocycles. The molecule has 0 rings (SSSR count). The van der Waals surface area contributed by atoms with Gasteiger partial charge < -0.3 is 15.5 Å². The Hall–Kier alpha value is -2.43. The van der Waals surface area contributed by atoms with Crippen molar-refractivity contribution >= 4 is 5.91 Å². The van der Waals surface area contributed by atoms with Gasteiger partial charge in [-0.15, -0.1) is 0 Å². The van der Waals surface area contributed by atoms with Gasteiger partial charge in [-0.05, 0) is 70.6 Å². The second-order valence-corrected chi connectivity index (χ2v) is 22.9. The first-order chi connectivity index (χ1) is 37.7. The SMILES string of the molecule is CC/C=C\C/C=C\C/C=C\C/C=C\C/C=C\C/C=C\CCCCCCCCCCCCCCCCC(=O)NC(CO)C(O)/C=C/CCCCCCCCCCCCCCCCCCCCCCCCCCCCCCC. The summed E-state index contributed by atoms with van der Waals surface area (Å²) in [6.45, 7) is 4.23. The number of hydrogen-bond acceptors (Lipinski definition) is 3. The summed E-state index contributed by atoms with van der Waals surface area (Å²) in [7, 11) is 0. The highest BCUT2D eigenvalue weighted by molar-refractivity contribution is 5.76. The zero-order valence-corrected chi connectivity index (χ0v) is 51.0. The Morgan fingerprint density at radius 3 is 0.868 bits per heavy atom. The predicted octanol–water partition coefficient (Wildman–Crippen LogP) is 23.0. The Morgan fingerprint density at radius 2 is 0.579 bits per heavy atom. The van der Waals surface area contributed by atoms with E-state index in [0.29, 0.717) is 6.42 Å². The molecule has 0 saturated carbocycles. The first-order valence-electron chi connectivity index (χ1n) is 33.8. The first-order valence-corrected chi connectivity index (χ1v) is 33.8. The number of allylic oxidation sites excluding steroid dienone is 13. The molecular formula is C72H131NO3. The summed E-state index contributed by atoms with van der Waals surface area (Å²) >= 11 is 0. The average Bonchev–Trinajstić information content (AvgIpc) is 3.42. The minimum absolute atomic E-state index is 0.0627. The molecule has 4 heteroatoms. The van der Waals surface area contributed by atoms with Gasteiger partial charge in [0.15, 0.2) is 0 Å². The molecule has 0 aliphatic heterocycles. The highest BCUT2D eigenvalue weighted by Gasteiger charge is 2.18. The monoisotopic (exact) mass is 1060 g/mol. The van der Waals surface area contributed by atoms with Gasteiger partial charge in [0.1, 0.15) is 0 Å².